The Bertz CT molecular complexity index is 1110. The van der Waals surface area contributed by atoms with Gasteiger partial charge in [-0.2, -0.15) is 4.98 Å². The Kier molecular flexibility index (Phi) is 5.04. The molecular weight excluding hydrogens is 396 g/mol. The SMILES string of the molecule is COc1cccc([C@H]2[C@@H]3C(=O)CCC=C3Nc3nc(SCc4ccccc4)nn32)c1. The van der Waals surface area contributed by atoms with Crippen molar-refractivity contribution in [3.05, 3.63) is 77.5 Å². The van der Waals surface area contributed by atoms with Gasteiger partial charge in [0.1, 0.15) is 11.5 Å². The third-order valence-electron chi connectivity index (χ3n) is 5.53. The molecule has 152 valence electrons. The first-order chi connectivity index (χ1) is 14.7. The predicted molar refractivity (Wildman–Crippen MR) is 117 cm³/mol. The number of Topliss-reactive ketones (excluding diaryl/α,β-unsaturated/α-hetero) is 1. The minimum atomic E-state index is -0.285. The van der Waals surface area contributed by atoms with Crippen LogP contribution in [0.15, 0.2) is 71.5 Å². The van der Waals surface area contributed by atoms with Crippen molar-refractivity contribution in [2.45, 2.75) is 29.8 Å². The number of anilines is 1. The fourth-order valence-electron chi connectivity index (χ4n) is 4.10. The highest BCUT2D eigenvalue weighted by Gasteiger charge is 2.41. The standard InChI is InChI=1S/C23H22N4O2S/c1-29-17-10-5-9-16(13-17)21-20-18(11-6-12-19(20)28)24-22-25-23(26-27(21)22)30-14-15-7-3-2-4-8-15/h2-5,7-11,13,20-21H,6,12,14H2,1H3,(H,24,25,26)/t20-,21-/m0/s1. The number of methoxy groups -OCH3 is 1. The molecule has 1 aliphatic heterocycles. The van der Waals surface area contributed by atoms with Gasteiger partial charge in [0, 0.05) is 17.9 Å². The average Bonchev–Trinajstić information content (AvgIpc) is 3.19. The lowest BCUT2D eigenvalue weighted by atomic mass is 9.81. The second-order valence-electron chi connectivity index (χ2n) is 7.43. The van der Waals surface area contributed by atoms with Crippen molar-refractivity contribution in [2.24, 2.45) is 5.92 Å². The fourth-order valence-corrected chi connectivity index (χ4v) is 4.88. The third kappa shape index (κ3) is 3.50. The van der Waals surface area contributed by atoms with Gasteiger partial charge in [-0.3, -0.25) is 4.79 Å². The number of thioether (sulfide) groups is 1. The molecule has 0 saturated carbocycles. The van der Waals surface area contributed by atoms with Gasteiger partial charge >= 0.3 is 0 Å². The molecule has 6 nitrogen and oxygen atoms in total. The van der Waals surface area contributed by atoms with Crippen LogP contribution in [0.1, 0.15) is 30.0 Å². The molecule has 2 atom stereocenters. The van der Waals surface area contributed by atoms with Crippen molar-refractivity contribution in [3.63, 3.8) is 0 Å². The quantitative estimate of drug-likeness (QED) is 0.617. The maximum Gasteiger partial charge on any atom is 0.227 e. The van der Waals surface area contributed by atoms with E-state index < -0.39 is 0 Å². The lowest BCUT2D eigenvalue weighted by Crippen LogP contribution is -2.38. The van der Waals surface area contributed by atoms with Crippen LogP contribution in [0.3, 0.4) is 0 Å². The number of ketones is 1. The molecule has 2 aliphatic rings. The third-order valence-corrected chi connectivity index (χ3v) is 6.44. The van der Waals surface area contributed by atoms with Crippen LogP contribution in [0, 0.1) is 5.92 Å². The van der Waals surface area contributed by atoms with Crippen molar-refractivity contribution < 1.29 is 9.53 Å². The second-order valence-corrected chi connectivity index (χ2v) is 8.37. The first kappa shape index (κ1) is 18.9. The number of aromatic nitrogens is 3. The number of carbonyl (C=O) groups is 1. The van der Waals surface area contributed by atoms with Gasteiger partial charge < -0.3 is 10.1 Å². The van der Waals surface area contributed by atoms with Gasteiger partial charge in [-0.1, -0.05) is 60.3 Å². The molecule has 5 rings (SSSR count). The average molecular weight is 419 g/mol. The molecule has 30 heavy (non-hydrogen) atoms. The van der Waals surface area contributed by atoms with Crippen LogP contribution in [0.5, 0.6) is 5.75 Å². The van der Waals surface area contributed by atoms with E-state index in [1.165, 1.54) is 5.56 Å². The van der Waals surface area contributed by atoms with Crippen LogP contribution in [0.4, 0.5) is 5.95 Å². The number of rotatable bonds is 5. The van der Waals surface area contributed by atoms with Crippen molar-refractivity contribution in [3.8, 4) is 5.75 Å². The molecule has 3 aromatic rings. The Morgan fingerprint density at radius 2 is 2.07 bits per heavy atom. The van der Waals surface area contributed by atoms with Crippen LogP contribution in [0.25, 0.3) is 0 Å². The summed E-state index contributed by atoms with van der Waals surface area (Å²) in [5.74, 6) is 2.18. The molecule has 1 N–H and O–H groups in total. The number of nitrogens with one attached hydrogen (secondary N) is 1. The van der Waals surface area contributed by atoms with Gasteiger partial charge in [0.05, 0.1) is 19.1 Å². The highest BCUT2D eigenvalue weighted by atomic mass is 32.2. The largest absolute Gasteiger partial charge is 0.497 e. The maximum atomic E-state index is 12.9. The summed E-state index contributed by atoms with van der Waals surface area (Å²) >= 11 is 1.59. The van der Waals surface area contributed by atoms with Crippen molar-refractivity contribution >= 4 is 23.5 Å². The molecule has 7 heteroatoms. The van der Waals surface area contributed by atoms with E-state index in [2.05, 4.69) is 23.5 Å². The fraction of sp³-hybridized carbons (Fsp3) is 0.261. The number of fused-ring (bicyclic) bond motifs is 2. The zero-order valence-electron chi connectivity index (χ0n) is 16.6. The van der Waals surface area contributed by atoms with Crippen LogP contribution < -0.4 is 10.1 Å². The number of hydrogen-bond acceptors (Lipinski definition) is 6. The summed E-state index contributed by atoms with van der Waals surface area (Å²) in [6.45, 7) is 0. The summed E-state index contributed by atoms with van der Waals surface area (Å²) in [5.41, 5.74) is 3.14. The normalized spacial score (nSPS) is 20.0. The predicted octanol–water partition coefficient (Wildman–Crippen LogP) is 4.46. The van der Waals surface area contributed by atoms with Gasteiger partial charge in [-0.15, -0.1) is 5.10 Å². The van der Waals surface area contributed by atoms with E-state index in [-0.39, 0.29) is 17.7 Å². The first-order valence-corrected chi connectivity index (χ1v) is 11.0. The second kappa shape index (κ2) is 7.99. The summed E-state index contributed by atoms with van der Waals surface area (Å²) in [5, 5.41) is 8.85. The number of hydrogen-bond donors (Lipinski definition) is 1. The molecule has 2 heterocycles. The van der Waals surface area contributed by atoms with Crippen LogP contribution >= 0.6 is 11.8 Å². The Morgan fingerprint density at radius 1 is 1.20 bits per heavy atom. The van der Waals surface area contributed by atoms with Gasteiger partial charge in [0.15, 0.2) is 0 Å². The van der Waals surface area contributed by atoms with E-state index in [0.717, 1.165) is 29.2 Å². The molecule has 2 aromatic carbocycles. The van der Waals surface area contributed by atoms with Gasteiger partial charge in [0.25, 0.3) is 0 Å². The van der Waals surface area contributed by atoms with E-state index in [0.29, 0.717) is 17.5 Å². The number of benzene rings is 2. The summed E-state index contributed by atoms with van der Waals surface area (Å²) in [7, 11) is 1.65. The Morgan fingerprint density at radius 3 is 2.90 bits per heavy atom. The minimum Gasteiger partial charge on any atom is -0.497 e. The van der Waals surface area contributed by atoms with E-state index >= 15 is 0 Å². The van der Waals surface area contributed by atoms with Gasteiger partial charge in [-0.05, 0) is 29.7 Å². The topological polar surface area (TPSA) is 69.0 Å². The molecule has 0 saturated heterocycles. The smallest absolute Gasteiger partial charge is 0.227 e. The zero-order chi connectivity index (χ0) is 20.5. The molecule has 1 aliphatic carbocycles. The summed E-state index contributed by atoms with van der Waals surface area (Å²) in [6.07, 6.45) is 3.43. The van der Waals surface area contributed by atoms with E-state index in [1.54, 1.807) is 18.9 Å². The van der Waals surface area contributed by atoms with E-state index in [4.69, 9.17) is 14.8 Å². The Hall–Kier alpha value is -3.06. The molecule has 0 unspecified atom stereocenters. The van der Waals surface area contributed by atoms with Crippen molar-refractivity contribution in [1.82, 2.24) is 14.8 Å². The maximum absolute atomic E-state index is 12.9. The molecule has 0 fully saturated rings. The minimum absolute atomic E-state index is 0.229. The van der Waals surface area contributed by atoms with Crippen LogP contribution in [0.2, 0.25) is 0 Å². The first-order valence-electron chi connectivity index (χ1n) is 10.00. The number of carbonyl (C=O) groups excluding carboxylic acids is 1. The number of ether oxygens (including phenoxy) is 1. The monoisotopic (exact) mass is 418 g/mol. The lowest BCUT2D eigenvalue weighted by Gasteiger charge is -2.36. The van der Waals surface area contributed by atoms with Crippen LogP contribution in [-0.2, 0) is 10.5 Å². The van der Waals surface area contributed by atoms with Crippen molar-refractivity contribution in [1.29, 1.82) is 0 Å². The zero-order valence-corrected chi connectivity index (χ0v) is 17.4. The van der Waals surface area contributed by atoms with Gasteiger partial charge in [0.2, 0.25) is 11.1 Å². The number of allylic oxidation sites excluding steroid dienone is 2. The highest BCUT2D eigenvalue weighted by molar-refractivity contribution is 7.98. The van der Waals surface area contributed by atoms with Crippen molar-refractivity contribution in [2.75, 3.05) is 12.4 Å². The lowest BCUT2D eigenvalue weighted by molar-refractivity contribution is -0.123. The van der Waals surface area contributed by atoms with Crippen LogP contribution in [-0.4, -0.2) is 27.7 Å². The summed E-state index contributed by atoms with van der Waals surface area (Å²) in [6, 6.07) is 17.9. The number of nitrogens with zero attached hydrogens (tertiary/aromatic N) is 3. The Labute approximate surface area is 179 Å². The van der Waals surface area contributed by atoms with E-state index in [9.17, 15) is 4.79 Å². The van der Waals surface area contributed by atoms with Gasteiger partial charge in [-0.25, -0.2) is 4.68 Å². The van der Waals surface area contributed by atoms with E-state index in [1.807, 2.05) is 47.1 Å². The molecule has 0 spiro atoms. The summed E-state index contributed by atoms with van der Waals surface area (Å²) in [4.78, 5) is 17.6. The summed E-state index contributed by atoms with van der Waals surface area (Å²) < 4.78 is 7.29. The molecular formula is C23H22N4O2S. The Balaban J connectivity index is 1.53. The molecule has 0 radical (unpaired) electrons. The molecule has 0 bridgehead atoms. The molecule has 0 amide bonds. The molecule has 1 aromatic heterocycles. The highest BCUT2D eigenvalue weighted by Crippen LogP contribution is 2.42.